The molecule has 4 amide bonds. The number of nitrogens with zero attached hydrogens (tertiary/aromatic N) is 2. The SMILES string of the molecule is O=C(COCc1ccccc1)N1CCC(N2C(=O)NC3CCCCC3C2=O)CC1. The van der Waals surface area contributed by atoms with Gasteiger partial charge in [-0.3, -0.25) is 14.5 Å². The molecule has 2 aliphatic heterocycles. The third-order valence-corrected chi connectivity index (χ3v) is 6.37. The van der Waals surface area contributed by atoms with Crippen LogP contribution in [0.15, 0.2) is 30.3 Å². The van der Waals surface area contributed by atoms with Gasteiger partial charge in [0.2, 0.25) is 11.8 Å². The molecular weight excluding hydrogens is 370 g/mol. The number of carbonyl (C=O) groups is 3. The predicted octanol–water partition coefficient (Wildman–Crippen LogP) is 2.30. The number of amides is 4. The Morgan fingerprint density at radius 3 is 2.52 bits per heavy atom. The van der Waals surface area contributed by atoms with Crippen molar-refractivity contribution in [2.75, 3.05) is 19.7 Å². The van der Waals surface area contributed by atoms with Crippen LogP contribution in [0.1, 0.15) is 44.1 Å². The zero-order valence-corrected chi connectivity index (χ0v) is 16.7. The monoisotopic (exact) mass is 399 g/mol. The highest BCUT2D eigenvalue weighted by atomic mass is 16.5. The number of fused-ring (bicyclic) bond motifs is 1. The summed E-state index contributed by atoms with van der Waals surface area (Å²) < 4.78 is 5.55. The number of hydrogen-bond acceptors (Lipinski definition) is 4. The minimum Gasteiger partial charge on any atom is -0.367 e. The molecule has 1 saturated carbocycles. The second kappa shape index (κ2) is 8.95. The molecule has 156 valence electrons. The molecule has 1 aromatic carbocycles. The highest BCUT2D eigenvalue weighted by molar-refractivity contribution is 5.99. The molecule has 2 heterocycles. The van der Waals surface area contributed by atoms with E-state index in [1.807, 2.05) is 30.3 Å². The Bertz CT molecular complexity index is 746. The van der Waals surface area contributed by atoms with Crippen molar-refractivity contribution in [2.45, 2.75) is 57.2 Å². The van der Waals surface area contributed by atoms with Gasteiger partial charge in [0.25, 0.3) is 0 Å². The van der Waals surface area contributed by atoms with Crippen LogP contribution in [-0.4, -0.2) is 59.4 Å². The largest absolute Gasteiger partial charge is 0.367 e. The van der Waals surface area contributed by atoms with E-state index in [0.29, 0.717) is 32.5 Å². The Balaban J connectivity index is 1.26. The van der Waals surface area contributed by atoms with Gasteiger partial charge in [-0.25, -0.2) is 4.79 Å². The maximum Gasteiger partial charge on any atom is 0.324 e. The average Bonchev–Trinajstić information content (AvgIpc) is 2.75. The Labute approximate surface area is 171 Å². The highest BCUT2D eigenvalue weighted by Gasteiger charge is 2.45. The number of benzene rings is 1. The number of carbonyl (C=O) groups excluding carboxylic acids is 3. The van der Waals surface area contributed by atoms with Crippen LogP contribution in [0.3, 0.4) is 0 Å². The van der Waals surface area contributed by atoms with Crippen LogP contribution in [0.4, 0.5) is 4.79 Å². The van der Waals surface area contributed by atoms with E-state index in [1.165, 1.54) is 4.90 Å². The van der Waals surface area contributed by atoms with Crippen LogP contribution >= 0.6 is 0 Å². The van der Waals surface area contributed by atoms with Gasteiger partial charge in [-0.15, -0.1) is 0 Å². The third-order valence-electron chi connectivity index (χ3n) is 6.37. The average molecular weight is 399 g/mol. The van der Waals surface area contributed by atoms with Crippen molar-refractivity contribution in [3.05, 3.63) is 35.9 Å². The van der Waals surface area contributed by atoms with Crippen LogP contribution in [0.5, 0.6) is 0 Å². The maximum atomic E-state index is 12.9. The second-order valence-electron chi connectivity index (χ2n) is 8.25. The summed E-state index contributed by atoms with van der Waals surface area (Å²) in [5.74, 6) is -0.136. The van der Waals surface area contributed by atoms with Gasteiger partial charge >= 0.3 is 6.03 Å². The number of piperidine rings is 1. The summed E-state index contributed by atoms with van der Waals surface area (Å²) in [6.45, 7) is 1.55. The lowest BCUT2D eigenvalue weighted by molar-refractivity contribution is -0.141. The van der Waals surface area contributed by atoms with Crippen molar-refractivity contribution in [3.63, 3.8) is 0 Å². The molecule has 4 rings (SSSR count). The highest BCUT2D eigenvalue weighted by Crippen LogP contribution is 2.31. The Morgan fingerprint density at radius 2 is 1.76 bits per heavy atom. The number of urea groups is 1. The van der Waals surface area contributed by atoms with E-state index in [0.717, 1.165) is 31.2 Å². The summed E-state index contributed by atoms with van der Waals surface area (Å²) in [6.07, 6.45) is 5.12. The lowest BCUT2D eigenvalue weighted by atomic mass is 9.81. The van der Waals surface area contributed by atoms with E-state index < -0.39 is 0 Å². The van der Waals surface area contributed by atoms with Gasteiger partial charge in [0, 0.05) is 25.2 Å². The van der Waals surface area contributed by atoms with Crippen LogP contribution in [0, 0.1) is 5.92 Å². The molecule has 29 heavy (non-hydrogen) atoms. The summed E-state index contributed by atoms with van der Waals surface area (Å²) in [6, 6.07) is 9.39. The van der Waals surface area contributed by atoms with Crippen LogP contribution in [-0.2, 0) is 20.9 Å². The van der Waals surface area contributed by atoms with Crippen molar-refractivity contribution >= 4 is 17.8 Å². The Hall–Kier alpha value is -2.41. The lowest BCUT2D eigenvalue weighted by Crippen LogP contribution is -2.64. The number of imide groups is 1. The molecule has 0 aromatic heterocycles. The number of likely N-dealkylation sites (tertiary alicyclic amines) is 1. The molecule has 1 N–H and O–H groups in total. The van der Waals surface area contributed by atoms with Crippen molar-refractivity contribution in [1.82, 2.24) is 15.1 Å². The van der Waals surface area contributed by atoms with E-state index in [4.69, 9.17) is 4.74 Å². The molecule has 0 radical (unpaired) electrons. The molecular formula is C22H29N3O4. The third kappa shape index (κ3) is 4.45. The predicted molar refractivity (Wildman–Crippen MR) is 107 cm³/mol. The Kier molecular flexibility index (Phi) is 6.13. The quantitative estimate of drug-likeness (QED) is 0.824. The molecule has 7 heteroatoms. The van der Waals surface area contributed by atoms with Gasteiger partial charge in [-0.05, 0) is 31.2 Å². The first-order valence-electron chi connectivity index (χ1n) is 10.7. The number of ether oxygens (including phenoxy) is 1. The molecule has 0 bridgehead atoms. The van der Waals surface area contributed by atoms with E-state index >= 15 is 0 Å². The molecule has 3 aliphatic rings. The number of hydrogen-bond donors (Lipinski definition) is 1. The lowest BCUT2D eigenvalue weighted by Gasteiger charge is -2.44. The molecule has 7 nitrogen and oxygen atoms in total. The fourth-order valence-electron chi connectivity index (χ4n) is 4.75. The summed E-state index contributed by atoms with van der Waals surface area (Å²) >= 11 is 0. The molecule has 3 fully saturated rings. The van der Waals surface area contributed by atoms with Gasteiger partial charge < -0.3 is 15.0 Å². The molecule has 1 aliphatic carbocycles. The first-order valence-corrected chi connectivity index (χ1v) is 10.7. The second-order valence-corrected chi connectivity index (χ2v) is 8.25. The van der Waals surface area contributed by atoms with Crippen LogP contribution in [0.2, 0.25) is 0 Å². The summed E-state index contributed by atoms with van der Waals surface area (Å²) in [5.41, 5.74) is 1.04. The fraction of sp³-hybridized carbons (Fsp3) is 0.591. The van der Waals surface area contributed by atoms with E-state index in [9.17, 15) is 14.4 Å². The van der Waals surface area contributed by atoms with Crippen LogP contribution < -0.4 is 5.32 Å². The van der Waals surface area contributed by atoms with Gasteiger partial charge in [0.1, 0.15) is 6.61 Å². The zero-order valence-electron chi connectivity index (χ0n) is 16.7. The smallest absolute Gasteiger partial charge is 0.324 e. The topological polar surface area (TPSA) is 79.0 Å². The van der Waals surface area contributed by atoms with Gasteiger partial charge in [0.15, 0.2) is 0 Å². The van der Waals surface area contributed by atoms with Crippen molar-refractivity contribution in [3.8, 4) is 0 Å². The van der Waals surface area contributed by atoms with Crippen molar-refractivity contribution in [2.24, 2.45) is 5.92 Å². The van der Waals surface area contributed by atoms with E-state index in [1.54, 1.807) is 4.90 Å². The first-order chi connectivity index (χ1) is 14.1. The first kappa shape index (κ1) is 19.9. The maximum absolute atomic E-state index is 12.9. The summed E-state index contributed by atoms with van der Waals surface area (Å²) in [5, 5.41) is 3.04. The fourth-order valence-corrected chi connectivity index (χ4v) is 4.75. The standard InChI is InChI=1S/C22H29N3O4/c26-20(15-29-14-16-6-2-1-3-7-16)24-12-10-17(11-13-24)25-21(27)18-8-4-5-9-19(18)23-22(25)28/h1-3,6-7,17-19H,4-5,8-15H2,(H,23,28). The molecule has 2 atom stereocenters. The number of rotatable bonds is 5. The van der Waals surface area contributed by atoms with Gasteiger partial charge in [-0.2, -0.15) is 0 Å². The van der Waals surface area contributed by atoms with Crippen molar-refractivity contribution in [1.29, 1.82) is 0 Å². The van der Waals surface area contributed by atoms with E-state index in [-0.39, 0.29) is 42.5 Å². The summed E-state index contributed by atoms with van der Waals surface area (Å²) in [7, 11) is 0. The molecule has 0 spiro atoms. The zero-order chi connectivity index (χ0) is 20.2. The van der Waals surface area contributed by atoms with Crippen molar-refractivity contribution < 1.29 is 19.1 Å². The normalized spacial score (nSPS) is 25.5. The molecule has 2 saturated heterocycles. The van der Waals surface area contributed by atoms with Gasteiger partial charge in [-0.1, -0.05) is 43.2 Å². The summed E-state index contributed by atoms with van der Waals surface area (Å²) in [4.78, 5) is 41.1. The van der Waals surface area contributed by atoms with E-state index in [2.05, 4.69) is 5.32 Å². The minimum absolute atomic E-state index is 0.00318. The number of nitrogens with one attached hydrogen (secondary N) is 1. The minimum atomic E-state index is -0.255. The Morgan fingerprint density at radius 1 is 1.03 bits per heavy atom. The molecule has 2 unspecified atom stereocenters. The van der Waals surface area contributed by atoms with Gasteiger partial charge in [0.05, 0.1) is 12.5 Å². The molecule has 1 aromatic rings. The van der Waals surface area contributed by atoms with Crippen LogP contribution in [0.25, 0.3) is 0 Å².